The lowest BCUT2D eigenvalue weighted by atomic mass is 10.1. The number of ether oxygens (including phenoxy) is 1. The van der Waals surface area contributed by atoms with Gasteiger partial charge in [-0.1, -0.05) is 23.2 Å². The molecule has 0 radical (unpaired) electrons. The normalized spacial score (nSPS) is 10.8. The summed E-state index contributed by atoms with van der Waals surface area (Å²) < 4.78 is 18.1. The van der Waals surface area contributed by atoms with Crippen molar-refractivity contribution in [3.63, 3.8) is 0 Å². The molecule has 0 fully saturated rings. The van der Waals surface area contributed by atoms with Gasteiger partial charge in [0.05, 0.1) is 22.8 Å². The first-order valence-electron chi connectivity index (χ1n) is 8.97. The Labute approximate surface area is 178 Å². The molecule has 0 aliphatic carbocycles. The van der Waals surface area contributed by atoms with Crippen LogP contribution in [0.5, 0.6) is 5.75 Å². The maximum atomic E-state index is 13.0. The second-order valence-electron chi connectivity index (χ2n) is 6.59. The molecule has 0 atom stereocenters. The number of hydrogen-bond donors (Lipinski definition) is 1. The molecule has 0 aliphatic heterocycles. The van der Waals surface area contributed by atoms with Gasteiger partial charge in [-0.25, -0.2) is 4.39 Å². The van der Waals surface area contributed by atoms with E-state index in [0.29, 0.717) is 27.9 Å². The first kappa shape index (κ1) is 21.1. The predicted octanol–water partition coefficient (Wildman–Crippen LogP) is 5.24. The molecule has 1 heterocycles. The van der Waals surface area contributed by atoms with Gasteiger partial charge in [0.1, 0.15) is 5.82 Å². The summed E-state index contributed by atoms with van der Waals surface area (Å²) in [6.07, 6.45) is 1.46. The van der Waals surface area contributed by atoms with Crippen LogP contribution in [-0.4, -0.2) is 41.7 Å². The van der Waals surface area contributed by atoms with Gasteiger partial charge >= 0.3 is 0 Å². The molecule has 29 heavy (non-hydrogen) atoms. The van der Waals surface area contributed by atoms with Gasteiger partial charge in [-0.15, -0.1) is 0 Å². The van der Waals surface area contributed by atoms with Gasteiger partial charge in [0.25, 0.3) is 5.91 Å². The number of hydrogen-bond acceptors (Lipinski definition) is 3. The Morgan fingerprint density at radius 1 is 1.17 bits per heavy atom. The lowest BCUT2D eigenvalue weighted by Gasteiger charge is -2.18. The van der Waals surface area contributed by atoms with Crippen molar-refractivity contribution in [1.29, 1.82) is 0 Å². The van der Waals surface area contributed by atoms with Crippen LogP contribution in [0.3, 0.4) is 0 Å². The van der Waals surface area contributed by atoms with E-state index in [4.69, 9.17) is 27.9 Å². The maximum Gasteiger partial charge on any atom is 0.253 e. The largest absolute Gasteiger partial charge is 0.494 e. The fourth-order valence-electron chi connectivity index (χ4n) is 2.97. The van der Waals surface area contributed by atoms with E-state index in [2.05, 4.69) is 10.2 Å². The molecule has 3 rings (SSSR count). The highest BCUT2D eigenvalue weighted by Crippen LogP contribution is 2.34. The molecule has 0 aliphatic rings. The summed E-state index contributed by atoms with van der Waals surface area (Å²) in [5.41, 5.74) is 2.95. The highest BCUT2D eigenvalue weighted by atomic mass is 35.5. The SMILES string of the molecule is COc1c(Cl)cc(C(=O)N(C)CCCc2cc(-c3ccc(F)cc3)n[nH]2)cc1Cl. The van der Waals surface area contributed by atoms with E-state index in [0.717, 1.165) is 29.8 Å². The monoisotopic (exact) mass is 435 g/mol. The van der Waals surface area contributed by atoms with E-state index in [1.807, 2.05) is 6.07 Å². The standard InChI is InChI=1S/C21H20Cl2FN3O2/c1-27(21(28)14-10-17(22)20(29-2)18(23)11-14)9-3-4-16-12-19(26-25-16)13-5-7-15(24)8-6-13/h5-8,10-12H,3-4,9H2,1-2H3,(H,25,26). The van der Waals surface area contributed by atoms with Crippen LogP contribution in [0.15, 0.2) is 42.5 Å². The number of amides is 1. The molecular weight excluding hydrogens is 416 g/mol. The first-order chi connectivity index (χ1) is 13.9. The Kier molecular flexibility index (Phi) is 6.77. The van der Waals surface area contributed by atoms with Crippen molar-refractivity contribution in [1.82, 2.24) is 15.1 Å². The molecule has 0 saturated carbocycles. The minimum Gasteiger partial charge on any atom is -0.494 e. The van der Waals surface area contributed by atoms with Crippen LogP contribution in [0.25, 0.3) is 11.3 Å². The molecule has 152 valence electrons. The van der Waals surface area contributed by atoms with E-state index in [1.165, 1.54) is 19.2 Å². The number of nitrogens with zero attached hydrogens (tertiary/aromatic N) is 2. The Morgan fingerprint density at radius 3 is 2.45 bits per heavy atom. The first-order valence-corrected chi connectivity index (χ1v) is 9.73. The third kappa shape index (κ3) is 5.08. The van der Waals surface area contributed by atoms with Crippen LogP contribution < -0.4 is 4.74 Å². The van der Waals surface area contributed by atoms with Crippen LogP contribution in [0.4, 0.5) is 4.39 Å². The number of aromatic amines is 1. The molecular formula is C21H20Cl2FN3O2. The van der Waals surface area contributed by atoms with E-state index in [-0.39, 0.29) is 11.7 Å². The fourth-order valence-corrected chi connectivity index (χ4v) is 3.61. The molecule has 3 aromatic rings. The third-order valence-corrected chi connectivity index (χ3v) is 5.07. The molecule has 1 N–H and O–H groups in total. The van der Waals surface area contributed by atoms with Crippen LogP contribution in [0.2, 0.25) is 10.0 Å². The van der Waals surface area contributed by atoms with Gasteiger partial charge in [0.2, 0.25) is 0 Å². The molecule has 0 unspecified atom stereocenters. The maximum absolute atomic E-state index is 13.0. The zero-order valence-corrected chi connectivity index (χ0v) is 17.5. The Bertz CT molecular complexity index is 982. The summed E-state index contributed by atoms with van der Waals surface area (Å²) in [4.78, 5) is 14.2. The minimum atomic E-state index is -0.281. The smallest absolute Gasteiger partial charge is 0.253 e. The molecule has 0 saturated heterocycles. The number of methoxy groups -OCH3 is 1. The number of carbonyl (C=O) groups is 1. The quantitative estimate of drug-likeness (QED) is 0.552. The van der Waals surface area contributed by atoms with Crippen molar-refractivity contribution >= 4 is 29.1 Å². The second kappa shape index (κ2) is 9.29. The highest BCUT2D eigenvalue weighted by molar-refractivity contribution is 6.37. The summed E-state index contributed by atoms with van der Waals surface area (Å²) >= 11 is 12.2. The molecule has 5 nitrogen and oxygen atoms in total. The van der Waals surface area contributed by atoms with Gasteiger partial charge in [-0.2, -0.15) is 5.10 Å². The molecule has 2 aromatic carbocycles. The summed E-state index contributed by atoms with van der Waals surface area (Å²) in [6, 6.07) is 11.2. The van der Waals surface area contributed by atoms with E-state index < -0.39 is 0 Å². The second-order valence-corrected chi connectivity index (χ2v) is 7.40. The van der Waals surface area contributed by atoms with Crippen molar-refractivity contribution in [3.05, 3.63) is 69.6 Å². The van der Waals surface area contributed by atoms with Gasteiger partial charge in [-0.3, -0.25) is 9.89 Å². The lowest BCUT2D eigenvalue weighted by Crippen LogP contribution is -2.28. The number of carbonyl (C=O) groups excluding carboxylic acids is 1. The van der Waals surface area contributed by atoms with Gasteiger partial charge < -0.3 is 9.64 Å². The Morgan fingerprint density at radius 2 is 1.83 bits per heavy atom. The predicted molar refractivity (Wildman–Crippen MR) is 112 cm³/mol. The summed E-state index contributed by atoms with van der Waals surface area (Å²) in [6.45, 7) is 0.547. The lowest BCUT2D eigenvalue weighted by molar-refractivity contribution is 0.0793. The van der Waals surface area contributed by atoms with Gasteiger partial charge in [0, 0.05) is 30.4 Å². The zero-order chi connectivity index (χ0) is 21.0. The average Bonchev–Trinajstić information content (AvgIpc) is 3.16. The summed E-state index contributed by atoms with van der Waals surface area (Å²) in [5, 5.41) is 7.84. The molecule has 0 spiro atoms. The van der Waals surface area contributed by atoms with Gasteiger partial charge in [-0.05, 0) is 55.3 Å². The molecule has 1 aromatic heterocycles. The van der Waals surface area contributed by atoms with E-state index in [1.54, 1.807) is 36.2 Å². The van der Waals surface area contributed by atoms with Crippen LogP contribution in [0, 0.1) is 5.82 Å². The third-order valence-electron chi connectivity index (χ3n) is 4.51. The van der Waals surface area contributed by atoms with Crippen LogP contribution in [-0.2, 0) is 6.42 Å². The zero-order valence-electron chi connectivity index (χ0n) is 16.0. The van der Waals surface area contributed by atoms with Crippen molar-refractivity contribution < 1.29 is 13.9 Å². The minimum absolute atomic E-state index is 0.173. The highest BCUT2D eigenvalue weighted by Gasteiger charge is 2.16. The number of aromatic nitrogens is 2. The van der Waals surface area contributed by atoms with Crippen LogP contribution >= 0.6 is 23.2 Å². The topological polar surface area (TPSA) is 58.2 Å². The fraction of sp³-hybridized carbons (Fsp3) is 0.238. The Balaban J connectivity index is 1.56. The van der Waals surface area contributed by atoms with E-state index in [9.17, 15) is 9.18 Å². The van der Waals surface area contributed by atoms with Crippen molar-refractivity contribution in [3.8, 4) is 17.0 Å². The van der Waals surface area contributed by atoms with Crippen LogP contribution in [0.1, 0.15) is 22.5 Å². The number of H-pyrrole nitrogens is 1. The summed E-state index contributed by atoms with van der Waals surface area (Å²) in [7, 11) is 3.20. The number of benzene rings is 2. The van der Waals surface area contributed by atoms with Crippen molar-refractivity contribution in [2.75, 3.05) is 20.7 Å². The molecule has 8 heteroatoms. The number of nitrogens with one attached hydrogen (secondary N) is 1. The van der Waals surface area contributed by atoms with E-state index >= 15 is 0 Å². The number of rotatable bonds is 7. The number of aryl methyl sites for hydroxylation is 1. The molecule has 0 bridgehead atoms. The van der Waals surface area contributed by atoms with Crippen molar-refractivity contribution in [2.24, 2.45) is 0 Å². The molecule has 1 amide bonds. The Hall–Kier alpha value is -2.57. The number of halogens is 3. The summed E-state index contributed by atoms with van der Waals surface area (Å²) in [5.74, 6) is -0.103. The van der Waals surface area contributed by atoms with Gasteiger partial charge in [0.15, 0.2) is 5.75 Å². The van der Waals surface area contributed by atoms with Crippen molar-refractivity contribution in [2.45, 2.75) is 12.8 Å². The average molecular weight is 436 g/mol.